The molecule has 0 aromatic rings. The topological polar surface area (TPSA) is 26.3 Å². The van der Waals surface area contributed by atoms with E-state index in [0.717, 1.165) is 6.42 Å². The first-order valence-electron chi connectivity index (χ1n) is 5.99. The Morgan fingerprint density at radius 1 is 1.62 bits per heavy atom. The van der Waals surface area contributed by atoms with Gasteiger partial charge in [-0.25, -0.2) is 4.79 Å². The van der Waals surface area contributed by atoms with Crippen LogP contribution in [0.4, 0.5) is 0 Å². The maximum Gasteiger partial charge on any atom is 0.330 e. The third-order valence-electron chi connectivity index (χ3n) is 3.30. The van der Waals surface area contributed by atoms with Gasteiger partial charge in [-0.15, -0.1) is 0 Å². The van der Waals surface area contributed by atoms with Crippen LogP contribution >= 0.6 is 0 Å². The number of hydrogen-bond donors (Lipinski definition) is 0. The van der Waals surface area contributed by atoms with Crippen LogP contribution in [0.15, 0.2) is 23.8 Å². The molecule has 1 aliphatic carbocycles. The fourth-order valence-electron chi connectivity index (χ4n) is 2.35. The van der Waals surface area contributed by atoms with Crippen molar-refractivity contribution in [3.8, 4) is 0 Å². The summed E-state index contributed by atoms with van der Waals surface area (Å²) in [5.41, 5.74) is 1.60. The minimum absolute atomic E-state index is 0.238. The van der Waals surface area contributed by atoms with Crippen LogP contribution in [-0.2, 0) is 9.53 Å². The summed E-state index contributed by atoms with van der Waals surface area (Å²) in [6.45, 7) is 8.90. The Hall–Kier alpha value is -1.05. The summed E-state index contributed by atoms with van der Waals surface area (Å²) in [5.74, 6) is 0.113. The van der Waals surface area contributed by atoms with E-state index in [2.05, 4.69) is 26.8 Å². The first-order valence-corrected chi connectivity index (χ1v) is 5.99. The van der Waals surface area contributed by atoms with Crippen LogP contribution in [0, 0.1) is 11.3 Å². The molecule has 0 heterocycles. The molecule has 16 heavy (non-hydrogen) atoms. The van der Waals surface area contributed by atoms with Crippen molar-refractivity contribution in [3.05, 3.63) is 23.8 Å². The molecule has 0 bridgehead atoms. The molecule has 0 saturated carbocycles. The van der Waals surface area contributed by atoms with E-state index < -0.39 is 0 Å². The minimum atomic E-state index is -0.239. The van der Waals surface area contributed by atoms with Crippen LogP contribution in [0.25, 0.3) is 0 Å². The molecular weight excluding hydrogens is 200 g/mol. The molecular formula is C14H22O2. The highest BCUT2D eigenvalue weighted by Crippen LogP contribution is 2.41. The molecule has 2 nitrogen and oxygen atoms in total. The maximum absolute atomic E-state index is 11.3. The molecule has 0 saturated heterocycles. The summed E-state index contributed by atoms with van der Waals surface area (Å²) in [6, 6.07) is 0. The third kappa shape index (κ3) is 3.22. The molecule has 1 atom stereocenters. The van der Waals surface area contributed by atoms with Gasteiger partial charge in [0.1, 0.15) is 0 Å². The fraction of sp³-hybridized carbons (Fsp3) is 0.643. The number of esters is 1. The summed E-state index contributed by atoms with van der Waals surface area (Å²) in [6.07, 6.45) is 8.14. The van der Waals surface area contributed by atoms with Gasteiger partial charge in [-0.1, -0.05) is 31.6 Å². The van der Waals surface area contributed by atoms with Gasteiger partial charge in [0, 0.05) is 12.0 Å². The Morgan fingerprint density at radius 3 is 2.88 bits per heavy atom. The number of carbonyl (C=O) groups excluding carboxylic acids is 1. The molecule has 90 valence electrons. The Morgan fingerprint density at radius 2 is 2.31 bits per heavy atom. The number of allylic oxidation sites excluding steroid dienone is 3. The van der Waals surface area contributed by atoms with Crippen molar-refractivity contribution < 1.29 is 9.53 Å². The maximum atomic E-state index is 11.3. The van der Waals surface area contributed by atoms with Crippen LogP contribution in [0.5, 0.6) is 0 Å². The van der Waals surface area contributed by atoms with Gasteiger partial charge < -0.3 is 4.74 Å². The predicted molar refractivity (Wildman–Crippen MR) is 66.0 cm³/mol. The van der Waals surface area contributed by atoms with E-state index in [4.69, 9.17) is 4.74 Å². The molecule has 0 amide bonds. The molecule has 0 aromatic heterocycles. The van der Waals surface area contributed by atoms with Crippen LogP contribution in [-0.4, -0.2) is 12.6 Å². The first-order chi connectivity index (χ1) is 7.47. The average molecular weight is 222 g/mol. The zero-order valence-corrected chi connectivity index (χ0v) is 10.7. The number of hydrogen-bond acceptors (Lipinski definition) is 2. The van der Waals surface area contributed by atoms with Crippen molar-refractivity contribution >= 4 is 5.97 Å². The van der Waals surface area contributed by atoms with Gasteiger partial charge in [-0.2, -0.15) is 0 Å². The summed E-state index contributed by atoms with van der Waals surface area (Å²) >= 11 is 0. The Kier molecular flexibility index (Phi) is 4.34. The van der Waals surface area contributed by atoms with Crippen molar-refractivity contribution in [3.63, 3.8) is 0 Å². The third-order valence-corrected chi connectivity index (χ3v) is 3.30. The van der Waals surface area contributed by atoms with Crippen molar-refractivity contribution in [2.45, 2.75) is 40.5 Å². The van der Waals surface area contributed by atoms with E-state index in [1.165, 1.54) is 12.0 Å². The van der Waals surface area contributed by atoms with Crippen LogP contribution in [0.3, 0.4) is 0 Å². The molecule has 1 rings (SSSR count). The molecule has 0 radical (unpaired) electrons. The summed E-state index contributed by atoms with van der Waals surface area (Å²) in [5, 5.41) is 0. The minimum Gasteiger partial charge on any atom is -0.463 e. The normalized spacial score (nSPS) is 24.2. The van der Waals surface area contributed by atoms with Gasteiger partial charge in [0.2, 0.25) is 0 Å². The number of ether oxygens (including phenoxy) is 1. The lowest BCUT2D eigenvalue weighted by Crippen LogP contribution is -2.26. The highest BCUT2D eigenvalue weighted by Gasteiger charge is 2.30. The fourth-order valence-corrected chi connectivity index (χ4v) is 2.35. The van der Waals surface area contributed by atoms with Gasteiger partial charge in [0.15, 0.2) is 0 Å². The Labute approximate surface area is 98.4 Å². The molecule has 2 heteroatoms. The molecule has 0 N–H and O–H groups in total. The summed E-state index contributed by atoms with van der Waals surface area (Å²) in [4.78, 5) is 11.3. The molecule has 1 aliphatic rings. The second-order valence-corrected chi connectivity index (χ2v) is 5.06. The predicted octanol–water partition coefficient (Wildman–Crippen LogP) is 3.49. The van der Waals surface area contributed by atoms with Crippen LogP contribution in [0.1, 0.15) is 40.5 Å². The monoisotopic (exact) mass is 222 g/mol. The van der Waals surface area contributed by atoms with E-state index in [-0.39, 0.29) is 11.4 Å². The Balaban J connectivity index is 2.73. The van der Waals surface area contributed by atoms with E-state index >= 15 is 0 Å². The molecule has 0 fully saturated rings. The van der Waals surface area contributed by atoms with Crippen molar-refractivity contribution in [1.82, 2.24) is 0 Å². The van der Waals surface area contributed by atoms with Gasteiger partial charge in [-0.05, 0) is 32.1 Å². The van der Waals surface area contributed by atoms with E-state index in [9.17, 15) is 4.79 Å². The second kappa shape index (κ2) is 5.33. The van der Waals surface area contributed by atoms with Crippen molar-refractivity contribution in [1.29, 1.82) is 0 Å². The smallest absolute Gasteiger partial charge is 0.330 e. The zero-order chi connectivity index (χ0) is 12.2. The van der Waals surface area contributed by atoms with Crippen molar-refractivity contribution in [2.24, 2.45) is 11.3 Å². The summed E-state index contributed by atoms with van der Waals surface area (Å²) < 4.78 is 4.89. The highest BCUT2D eigenvalue weighted by molar-refractivity contribution is 5.82. The lowest BCUT2D eigenvalue weighted by atomic mass is 9.68. The van der Waals surface area contributed by atoms with Crippen LogP contribution < -0.4 is 0 Å². The largest absolute Gasteiger partial charge is 0.463 e. The molecule has 0 spiro atoms. The molecule has 0 aliphatic heterocycles. The first kappa shape index (κ1) is 13.0. The SMILES string of the molecule is CCOC(=O)/C=C/C1C(C)=CCCC1(C)C. The van der Waals surface area contributed by atoms with Gasteiger partial charge >= 0.3 is 5.97 Å². The average Bonchev–Trinajstić information content (AvgIpc) is 2.16. The van der Waals surface area contributed by atoms with E-state index in [0.29, 0.717) is 12.5 Å². The number of rotatable bonds is 3. The van der Waals surface area contributed by atoms with E-state index in [1.807, 2.05) is 13.0 Å². The van der Waals surface area contributed by atoms with E-state index in [1.54, 1.807) is 6.08 Å². The highest BCUT2D eigenvalue weighted by atomic mass is 16.5. The standard InChI is InChI=1S/C14H22O2/c1-5-16-13(15)9-8-12-11(2)7-6-10-14(12,3)4/h7-9,12H,5-6,10H2,1-4H3/b9-8+. The summed E-state index contributed by atoms with van der Waals surface area (Å²) in [7, 11) is 0. The van der Waals surface area contributed by atoms with Crippen LogP contribution in [0.2, 0.25) is 0 Å². The lowest BCUT2D eigenvalue weighted by Gasteiger charge is -2.36. The molecule has 0 aromatic carbocycles. The second-order valence-electron chi connectivity index (χ2n) is 5.06. The molecule has 1 unspecified atom stereocenters. The quantitative estimate of drug-likeness (QED) is 0.415. The van der Waals surface area contributed by atoms with Crippen molar-refractivity contribution in [2.75, 3.05) is 6.61 Å². The van der Waals surface area contributed by atoms with Gasteiger partial charge in [-0.3, -0.25) is 0 Å². The number of carbonyl (C=O) groups is 1. The van der Waals surface area contributed by atoms with Gasteiger partial charge in [0.05, 0.1) is 6.61 Å². The lowest BCUT2D eigenvalue weighted by molar-refractivity contribution is -0.137. The Bertz CT molecular complexity index is 311. The zero-order valence-electron chi connectivity index (χ0n) is 10.7. The van der Waals surface area contributed by atoms with Gasteiger partial charge in [0.25, 0.3) is 0 Å².